The number of thiophene rings is 1. The molecule has 0 saturated carbocycles. The van der Waals surface area contributed by atoms with E-state index in [1.54, 1.807) is 12.0 Å². The summed E-state index contributed by atoms with van der Waals surface area (Å²) in [5.41, 5.74) is 3.78. The zero-order valence-electron chi connectivity index (χ0n) is 15.5. The second-order valence-electron chi connectivity index (χ2n) is 6.38. The Morgan fingerprint density at radius 3 is 2.46 bits per heavy atom. The number of benzene rings is 1. The molecular formula is C20H21ClN2O2S. The fourth-order valence-electron chi connectivity index (χ4n) is 3.06. The summed E-state index contributed by atoms with van der Waals surface area (Å²) in [5, 5.41) is 1.66. The van der Waals surface area contributed by atoms with Crippen LogP contribution in [0.3, 0.4) is 0 Å². The number of aryl methyl sites for hydroxylation is 3. The predicted octanol–water partition coefficient (Wildman–Crippen LogP) is 5.16. The maximum absolute atomic E-state index is 13.0. The molecule has 0 atom stereocenters. The van der Waals surface area contributed by atoms with E-state index in [-0.39, 0.29) is 5.91 Å². The van der Waals surface area contributed by atoms with Crippen molar-refractivity contribution in [3.8, 4) is 5.75 Å². The minimum atomic E-state index is -0.00510. The molecule has 3 rings (SSSR count). The highest BCUT2D eigenvalue weighted by molar-refractivity contribution is 7.20. The summed E-state index contributed by atoms with van der Waals surface area (Å²) < 4.78 is 5.17. The lowest BCUT2D eigenvalue weighted by molar-refractivity contribution is 0.0789. The van der Waals surface area contributed by atoms with Crippen LogP contribution >= 0.6 is 22.9 Å². The molecule has 136 valence electrons. The van der Waals surface area contributed by atoms with E-state index in [2.05, 4.69) is 4.98 Å². The van der Waals surface area contributed by atoms with Crippen LogP contribution in [-0.2, 0) is 6.54 Å². The van der Waals surface area contributed by atoms with Crippen LogP contribution in [0.4, 0.5) is 0 Å². The summed E-state index contributed by atoms with van der Waals surface area (Å²) >= 11 is 7.78. The molecule has 0 N–H and O–H groups in total. The number of carbonyl (C=O) groups is 1. The van der Waals surface area contributed by atoms with Crippen LogP contribution in [-0.4, -0.2) is 29.9 Å². The van der Waals surface area contributed by atoms with Crippen LogP contribution in [0.2, 0.25) is 5.02 Å². The normalized spacial score (nSPS) is 11.0. The van der Waals surface area contributed by atoms with Crippen LogP contribution in [0.1, 0.15) is 32.1 Å². The summed E-state index contributed by atoms with van der Waals surface area (Å²) in [6.45, 7) is 6.37. The van der Waals surface area contributed by atoms with E-state index in [1.807, 2.05) is 52.1 Å². The van der Waals surface area contributed by atoms with E-state index in [0.29, 0.717) is 16.4 Å². The van der Waals surface area contributed by atoms with Gasteiger partial charge in [0, 0.05) is 19.0 Å². The topological polar surface area (TPSA) is 42.4 Å². The molecule has 1 aromatic carbocycles. The van der Waals surface area contributed by atoms with Gasteiger partial charge in [-0.25, -0.2) is 4.98 Å². The highest BCUT2D eigenvalue weighted by atomic mass is 35.5. The first-order valence-corrected chi connectivity index (χ1v) is 9.47. The van der Waals surface area contributed by atoms with Crippen molar-refractivity contribution in [1.29, 1.82) is 0 Å². The number of halogens is 1. The van der Waals surface area contributed by atoms with E-state index < -0.39 is 0 Å². The third-order valence-corrected chi connectivity index (χ3v) is 6.27. The molecule has 1 amide bonds. The van der Waals surface area contributed by atoms with Crippen molar-refractivity contribution in [2.45, 2.75) is 27.3 Å². The molecule has 0 aliphatic heterocycles. The molecule has 0 fully saturated rings. The molecule has 0 saturated heterocycles. The standard InChI is InChI=1S/C20H21ClN2O2S/c1-11-16-12(2)18(26-19(16)22-13(3)17(11)21)20(24)23(4)10-14-6-8-15(25-5)9-7-14/h6-9H,10H2,1-5H3. The Balaban J connectivity index is 1.91. The van der Waals surface area contributed by atoms with Gasteiger partial charge in [0.1, 0.15) is 10.6 Å². The highest BCUT2D eigenvalue weighted by Gasteiger charge is 2.22. The van der Waals surface area contributed by atoms with Gasteiger partial charge in [0.15, 0.2) is 0 Å². The Bertz CT molecular complexity index is 980. The number of nitrogens with zero attached hydrogens (tertiary/aromatic N) is 2. The smallest absolute Gasteiger partial charge is 0.264 e. The average molecular weight is 389 g/mol. The second-order valence-corrected chi connectivity index (χ2v) is 7.76. The Labute approximate surface area is 162 Å². The highest BCUT2D eigenvalue weighted by Crippen LogP contribution is 2.36. The van der Waals surface area contributed by atoms with Crippen LogP contribution in [0.25, 0.3) is 10.2 Å². The molecule has 6 heteroatoms. The number of aromatic nitrogens is 1. The van der Waals surface area contributed by atoms with Crippen molar-refractivity contribution in [2.24, 2.45) is 0 Å². The summed E-state index contributed by atoms with van der Waals surface area (Å²) in [6.07, 6.45) is 0. The van der Waals surface area contributed by atoms with Crippen molar-refractivity contribution in [3.05, 3.63) is 56.5 Å². The summed E-state index contributed by atoms with van der Waals surface area (Å²) in [4.78, 5) is 20.9. The molecule has 4 nitrogen and oxygen atoms in total. The fraction of sp³-hybridized carbons (Fsp3) is 0.300. The second kappa shape index (κ2) is 7.25. The molecule has 0 bridgehead atoms. The van der Waals surface area contributed by atoms with Crippen LogP contribution in [0, 0.1) is 20.8 Å². The number of pyridine rings is 1. The third-order valence-electron chi connectivity index (χ3n) is 4.54. The number of amides is 1. The lowest BCUT2D eigenvalue weighted by Gasteiger charge is -2.17. The van der Waals surface area contributed by atoms with Gasteiger partial charge in [-0.3, -0.25) is 4.79 Å². The van der Waals surface area contributed by atoms with Gasteiger partial charge < -0.3 is 9.64 Å². The number of methoxy groups -OCH3 is 1. The van der Waals surface area contributed by atoms with E-state index in [1.165, 1.54) is 11.3 Å². The number of hydrogen-bond acceptors (Lipinski definition) is 4. The van der Waals surface area contributed by atoms with Gasteiger partial charge in [0.05, 0.1) is 22.7 Å². The van der Waals surface area contributed by atoms with Gasteiger partial charge in [-0.2, -0.15) is 0 Å². The molecule has 2 heterocycles. The van der Waals surface area contributed by atoms with Crippen molar-refractivity contribution in [3.63, 3.8) is 0 Å². The summed E-state index contributed by atoms with van der Waals surface area (Å²) in [5.74, 6) is 0.798. The maximum Gasteiger partial charge on any atom is 0.264 e. The Kier molecular flexibility index (Phi) is 5.21. The van der Waals surface area contributed by atoms with Gasteiger partial charge in [-0.15, -0.1) is 11.3 Å². The minimum Gasteiger partial charge on any atom is -0.497 e. The summed E-state index contributed by atoms with van der Waals surface area (Å²) in [7, 11) is 3.45. The minimum absolute atomic E-state index is 0.00510. The molecule has 0 spiro atoms. The first-order chi connectivity index (χ1) is 12.3. The molecule has 2 aromatic heterocycles. The van der Waals surface area contributed by atoms with Crippen LogP contribution in [0.15, 0.2) is 24.3 Å². The number of carbonyl (C=O) groups excluding carboxylic acids is 1. The lowest BCUT2D eigenvalue weighted by Crippen LogP contribution is -2.25. The molecular weight excluding hydrogens is 368 g/mol. The number of fused-ring (bicyclic) bond motifs is 1. The van der Waals surface area contributed by atoms with E-state index in [0.717, 1.165) is 38.4 Å². The predicted molar refractivity (Wildman–Crippen MR) is 108 cm³/mol. The largest absolute Gasteiger partial charge is 0.497 e. The lowest BCUT2D eigenvalue weighted by atomic mass is 10.1. The van der Waals surface area contributed by atoms with Crippen molar-refractivity contribution >= 4 is 39.1 Å². The third kappa shape index (κ3) is 3.29. The number of rotatable bonds is 4. The Hall–Kier alpha value is -2.11. The van der Waals surface area contributed by atoms with E-state index in [4.69, 9.17) is 16.3 Å². The number of ether oxygens (including phenoxy) is 1. The van der Waals surface area contributed by atoms with Crippen molar-refractivity contribution < 1.29 is 9.53 Å². The zero-order chi connectivity index (χ0) is 19.0. The van der Waals surface area contributed by atoms with Gasteiger partial charge in [0.25, 0.3) is 5.91 Å². The first kappa shape index (κ1) is 18.7. The quantitative estimate of drug-likeness (QED) is 0.620. The Morgan fingerprint density at radius 1 is 1.19 bits per heavy atom. The van der Waals surface area contributed by atoms with E-state index >= 15 is 0 Å². The molecule has 0 radical (unpaired) electrons. The van der Waals surface area contributed by atoms with Crippen LogP contribution in [0.5, 0.6) is 5.75 Å². The van der Waals surface area contributed by atoms with Crippen molar-refractivity contribution in [2.75, 3.05) is 14.2 Å². The average Bonchev–Trinajstić information content (AvgIpc) is 2.96. The van der Waals surface area contributed by atoms with Gasteiger partial charge in [0.2, 0.25) is 0 Å². The molecule has 0 unspecified atom stereocenters. The Morgan fingerprint density at radius 2 is 1.85 bits per heavy atom. The monoisotopic (exact) mass is 388 g/mol. The van der Waals surface area contributed by atoms with Crippen LogP contribution < -0.4 is 4.74 Å². The molecule has 26 heavy (non-hydrogen) atoms. The molecule has 0 aliphatic carbocycles. The van der Waals surface area contributed by atoms with Gasteiger partial charge in [-0.05, 0) is 49.6 Å². The molecule has 3 aromatic rings. The van der Waals surface area contributed by atoms with Gasteiger partial charge in [-0.1, -0.05) is 23.7 Å². The summed E-state index contributed by atoms with van der Waals surface area (Å²) in [6, 6.07) is 7.73. The zero-order valence-corrected chi connectivity index (χ0v) is 17.1. The van der Waals surface area contributed by atoms with Gasteiger partial charge >= 0.3 is 0 Å². The SMILES string of the molecule is COc1ccc(CN(C)C(=O)c2sc3nc(C)c(Cl)c(C)c3c2C)cc1. The fourth-order valence-corrected chi connectivity index (χ4v) is 4.47. The first-order valence-electron chi connectivity index (χ1n) is 8.27. The number of hydrogen-bond donors (Lipinski definition) is 0. The van der Waals surface area contributed by atoms with Crippen molar-refractivity contribution in [1.82, 2.24) is 9.88 Å². The maximum atomic E-state index is 13.0. The molecule has 0 aliphatic rings. The van der Waals surface area contributed by atoms with E-state index in [9.17, 15) is 4.79 Å².